The maximum Gasteiger partial charge on any atom is 0.226 e. The summed E-state index contributed by atoms with van der Waals surface area (Å²) in [4.78, 5) is 8.69. The molecule has 6 heteroatoms. The minimum Gasteiger partial charge on any atom is -0.375 e. The summed E-state index contributed by atoms with van der Waals surface area (Å²) in [6, 6.07) is 8.02. The van der Waals surface area contributed by atoms with Crippen molar-refractivity contribution in [2.45, 2.75) is 26.2 Å². The summed E-state index contributed by atoms with van der Waals surface area (Å²) in [5, 5.41) is 6.66. The number of aromatic nitrogens is 3. The highest BCUT2D eigenvalue weighted by Gasteiger charge is 2.10. The number of anilines is 1. The van der Waals surface area contributed by atoms with Crippen LogP contribution in [0.3, 0.4) is 0 Å². The normalized spacial score (nSPS) is 10.9. The van der Waals surface area contributed by atoms with E-state index in [1.165, 1.54) is 11.3 Å². The summed E-state index contributed by atoms with van der Waals surface area (Å²) in [7, 11) is 0. The molecule has 0 aliphatic carbocycles. The third-order valence-corrected chi connectivity index (χ3v) is 3.97. The molecule has 2 N–H and O–H groups in total. The zero-order chi connectivity index (χ0) is 14.7. The summed E-state index contributed by atoms with van der Waals surface area (Å²) < 4.78 is 5.31. The van der Waals surface area contributed by atoms with E-state index >= 15 is 0 Å². The molecular formula is C15H16N4OS. The first-order valence-electron chi connectivity index (χ1n) is 6.81. The van der Waals surface area contributed by atoms with Crippen LogP contribution in [-0.4, -0.2) is 15.1 Å². The number of rotatable bonds is 5. The average molecular weight is 300 g/mol. The van der Waals surface area contributed by atoms with Gasteiger partial charge in [-0.25, -0.2) is 4.98 Å². The van der Waals surface area contributed by atoms with Crippen molar-refractivity contribution in [1.29, 1.82) is 0 Å². The summed E-state index contributed by atoms with van der Waals surface area (Å²) in [6.45, 7) is 2.04. The second-order valence-electron chi connectivity index (χ2n) is 4.86. The van der Waals surface area contributed by atoms with Gasteiger partial charge in [-0.1, -0.05) is 29.4 Å². The van der Waals surface area contributed by atoms with Crippen LogP contribution in [-0.2, 0) is 12.8 Å². The van der Waals surface area contributed by atoms with Crippen LogP contribution < -0.4 is 5.73 Å². The second kappa shape index (κ2) is 6.05. The Morgan fingerprint density at radius 2 is 2.05 bits per heavy atom. The minimum atomic E-state index is 0.615. The topological polar surface area (TPSA) is 77.8 Å². The van der Waals surface area contributed by atoms with Gasteiger partial charge in [0.1, 0.15) is 0 Å². The maximum atomic E-state index is 5.61. The first-order valence-corrected chi connectivity index (χ1v) is 7.69. The molecule has 0 bridgehead atoms. The molecule has 108 valence electrons. The molecule has 0 atom stereocenters. The van der Waals surface area contributed by atoms with Crippen molar-refractivity contribution in [3.63, 3.8) is 0 Å². The van der Waals surface area contributed by atoms with Gasteiger partial charge < -0.3 is 10.3 Å². The Hall–Kier alpha value is -2.21. The molecule has 2 aromatic heterocycles. The molecule has 0 aliphatic rings. The predicted octanol–water partition coefficient (Wildman–Crippen LogP) is 3.26. The van der Waals surface area contributed by atoms with Crippen molar-refractivity contribution in [2.75, 3.05) is 5.73 Å². The van der Waals surface area contributed by atoms with Gasteiger partial charge in [0, 0.05) is 17.4 Å². The van der Waals surface area contributed by atoms with E-state index in [1.54, 1.807) is 0 Å². The van der Waals surface area contributed by atoms with Crippen LogP contribution in [0.25, 0.3) is 11.4 Å². The predicted molar refractivity (Wildman–Crippen MR) is 83.0 cm³/mol. The summed E-state index contributed by atoms with van der Waals surface area (Å²) >= 11 is 1.47. The Balaban J connectivity index is 1.62. The van der Waals surface area contributed by atoms with E-state index in [-0.39, 0.29) is 0 Å². The average Bonchev–Trinajstić information content (AvgIpc) is 3.09. The Morgan fingerprint density at radius 1 is 1.19 bits per heavy atom. The molecule has 0 spiro atoms. The number of nitrogen functional groups attached to an aromatic ring is 1. The molecule has 0 saturated heterocycles. The second-order valence-corrected chi connectivity index (χ2v) is 5.75. The Morgan fingerprint density at radius 3 is 2.81 bits per heavy atom. The van der Waals surface area contributed by atoms with E-state index in [1.807, 2.05) is 36.6 Å². The number of nitrogens with zero attached hydrogens (tertiary/aromatic N) is 3. The van der Waals surface area contributed by atoms with E-state index in [2.05, 4.69) is 15.1 Å². The van der Waals surface area contributed by atoms with Crippen LogP contribution in [0.1, 0.15) is 23.6 Å². The molecule has 5 nitrogen and oxygen atoms in total. The van der Waals surface area contributed by atoms with Gasteiger partial charge in [-0.3, -0.25) is 0 Å². The van der Waals surface area contributed by atoms with Gasteiger partial charge in [-0.05, 0) is 25.3 Å². The van der Waals surface area contributed by atoms with Crippen molar-refractivity contribution in [2.24, 2.45) is 0 Å². The molecule has 0 radical (unpaired) electrons. The smallest absolute Gasteiger partial charge is 0.226 e. The van der Waals surface area contributed by atoms with Crippen LogP contribution >= 0.6 is 11.3 Å². The Bertz CT molecular complexity index is 735. The van der Waals surface area contributed by atoms with Gasteiger partial charge in [0.05, 0.1) is 5.69 Å². The van der Waals surface area contributed by atoms with E-state index in [0.29, 0.717) is 16.8 Å². The Labute approximate surface area is 126 Å². The third-order valence-electron chi connectivity index (χ3n) is 3.25. The molecule has 1 aromatic carbocycles. The minimum absolute atomic E-state index is 0.615. The van der Waals surface area contributed by atoms with Gasteiger partial charge in [-0.2, -0.15) is 4.98 Å². The van der Waals surface area contributed by atoms with E-state index in [9.17, 15) is 0 Å². The SMILES string of the molecule is Cc1ccccc1-c1noc(CCCc2csc(N)n2)n1. The number of aryl methyl sites for hydroxylation is 3. The zero-order valence-electron chi connectivity index (χ0n) is 11.7. The van der Waals surface area contributed by atoms with Crippen molar-refractivity contribution < 1.29 is 4.52 Å². The monoisotopic (exact) mass is 300 g/mol. The van der Waals surface area contributed by atoms with Crippen molar-refractivity contribution in [3.05, 3.63) is 46.8 Å². The fraction of sp³-hybridized carbons (Fsp3) is 0.267. The molecule has 3 rings (SSSR count). The Kier molecular flexibility index (Phi) is 3.96. The number of nitrogens with two attached hydrogens (primary N) is 1. The number of benzene rings is 1. The van der Waals surface area contributed by atoms with Gasteiger partial charge in [0.25, 0.3) is 0 Å². The molecule has 21 heavy (non-hydrogen) atoms. The number of thiazole rings is 1. The summed E-state index contributed by atoms with van der Waals surface area (Å²) in [5.41, 5.74) is 8.79. The molecule has 0 saturated carbocycles. The lowest BCUT2D eigenvalue weighted by Crippen LogP contribution is -1.92. The van der Waals surface area contributed by atoms with Crippen LogP contribution in [0.2, 0.25) is 0 Å². The summed E-state index contributed by atoms with van der Waals surface area (Å²) in [5.74, 6) is 1.32. The lowest BCUT2D eigenvalue weighted by atomic mass is 10.1. The van der Waals surface area contributed by atoms with Crippen molar-refractivity contribution in [3.8, 4) is 11.4 Å². The van der Waals surface area contributed by atoms with Crippen LogP contribution in [0.15, 0.2) is 34.2 Å². The van der Waals surface area contributed by atoms with Gasteiger partial charge >= 0.3 is 0 Å². The van der Waals surface area contributed by atoms with Crippen molar-refractivity contribution in [1.82, 2.24) is 15.1 Å². The van der Waals surface area contributed by atoms with E-state index in [0.717, 1.165) is 36.1 Å². The van der Waals surface area contributed by atoms with Gasteiger partial charge in [0.15, 0.2) is 5.13 Å². The fourth-order valence-corrected chi connectivity index (χ4v) is 2.75. The van der Waals surface area contributed by atoms with Crippen molar-refractivity contribution >= 4 is 16.5 Å². The molecule has 3 aromatic rings. The van der Waals surface area contributed by atoms with E-state index < -0.39 is 0 Å². The zero-order valence-corrected chi connectivity index (χ0v) is 12.6. The lowest BCUT2D eigenvalue weighted by Gasteiger charge is -1.98. The molecule has 2 heterocycles. The number of hydrogen-bond donors (Lipinski definition) is 1. The first kappa shape index (κ1) is 13.8. The quantitative estimate of drug-likeness (QED) is 0.782. The lowest BCUT2D eigenvalue weighted by molar-refractivity contribution is 0.376. The third kappa shape index (κ3) is 3.28. The highest BCUT2D eigenvalue weighted by Crippen LogP contribution is 2.20. The molecule has 0 amide bonds. The molecular weight excluding hydrogens is 284 g/mol. The largest absolute Gasteiger partial charge is 0.375 e. The summed E-state index contributed by atoms with van der Waals surface area (Å²) in [6.07, 6.45) is 2.53. The van der Waals surface area contributed by atoms with Crippen LogP contribution in [0.5, 0.6) is 0 Å². The molecule has 0 aliphatic heterocycles. The highest BCUT2D eigenvalue weighted by molar-refractivity contribution is 7.13. The highest BCUT2D eigenvalue weighted by atomic mass is 32.1. The molecule has 0 unspecified atom stereocenters. The van der Waals surface area contributed by atoms with Crippen LogP contribution in [0, 0.1) is 6.92 Å². The van der Waals surface area contributed by atoms with Gasteiger partial charge in [0.2, 0.25) is 11.7 Å². The van der Waals surface area contributed by atoms with E-state index in [4.69, 9.17) is 10.3 Å². The standard InChI is InChI=1S/C15H16N4OS/c1-10-5-2-3-7-12(10)14-18-13(20-19-14)8-4-6-11-9-21-15(16)17-11/h2-3,5,7,9H,4,6,8H2,1H3,(H2,16,17). The van der Waals surface area contributed by atoms with Gasteiger partial charge in [-0.15, -0.1) is 11.3 Å². The molecule has 0 fully saturated rings. The maximum absolute atomic E-state index is 5.61. The van der Waals surface area contributed by atoms with Crippen LogP contribution in [0.4, 0.5) is 5.13 Å². The first-order chi connectivity index (χ1) is 10.2. The number of hydrogen-bond acceptors (Lipinski definition) is 6. The fourth-order valence-electron chi connectivity index (χ4n) is 2.15.